The number of hydrogen-bond acceptors (Lipinski definition) is 4. The van der Waals surface area contributed by atoms with Gasteiger partial charge in [-0.05, 0) is 31.9 Å². The molecule has 0 bridgehead atoms. The Morgan fingerprint density at radius 2 is 2.07 bits per heavy atom. The molecular formula is C10H16ClN3O. The highest BCUT2D eigenvalue weighted by molar-refractivity contribution is 6.28. The van der Waals surface area contributed by atoms with Crippen LogP contribution >= 0.6 is 11.6 Å². The lowest BCUT2D eigenvalue weighted by atomic mass is 10.2. The number of aromatic nitrogens is 2. The first kappa shape index (κ1) is 12.2. The largest absolute Gasteiger partial charge is 0.394 e. The zero-order valence-electron chi connectivity index (χ0n) is 9.21. The van der Waals surface area contributed by atoms with E-state index >= 15 is 0 Å². The van der Waals surface area contributed by atoms with Crippen LogP contribution in [0.25, 0.3) is 0 Å². The van der Waals surface area contributed by atoms with E-state index in [2.05, 4.69) is 15.3 Å². The minimum absolute atomic E-state index is 0.00840. The van der Waals surface area contributed by atoms with Crippen molar-refractivity contribution in [2.45, 2.75) is 33.2 Å². The van der Waals surface area contributed by atoms with E-state index in [1.54, 1.807) is 0 Å². The predicted octanol–water partition coefficient (Wildman–Crippen LogP) is 1.93. The van der Waals surface area contributed by atoms with Gasteiger partial charge in [0, 0.05) is 11.3 Å². The van der Waals surface area contributed by atoms with E-state index in [4.69, 9.17) is 16.7 Å². The summed E-state index contributed by atoms with van der Waals surface area (Å²) in [7, 11) is 0. The molecule has 0 saturated heterocycles. The van der Waals surface area contributed by atoms with Crippen LogP contribution in [0.15, 0.2) is 0 Å². The second-order valence-electron chi connectivity index (χ2n) is 3.48. The van der Waals surface area contributed by atoms with Crippen molar-refractivity contribution < 1.29 is 5.11 Å². The van der Waals surface area contributed by atoms with Gasteiger partial charge in [-0.25, -0.2) is 9.97 Å². The lowest BCUT2D eigenvalue weighted by Crippen LogP contribution is -2.24. The van der Waals surface area contributed by atoms with Crippen molar-refractivity contribution in [2.24, 2.45) is 0 Å². The lowest BCUT2D eigenvalue weighted by Gasteiger charge is -2.17. The average molecular weight is 230 g/mol. The van der Waals surface area contributed by atoms with Gasteiger partial charge in [-0.15, -0.1) is 0 Å². The van der Waals surface area contributed by atoms with Gasteiger partial charge >= 0.3 is 0 Å². The van der Waals surface area contributed by atoms with Crippen molar-refractivity contribution in [3.05, 3.63) is 16.5 Å². The number of halogens is 1. The molecule has 15 heavy (non-hydrogen) atoms. The Labute approximate surface area is 94.7 Å². The molecule has 1 rings (SSSR count). The summed E-state index contributed by atoms with van der Waals surface area (Å²) in [5, 5.41) is 12.5. The molecule has 0 amide bonds. The van der Waals surface area contributed by atoms with Gasteiger partial charge in [-0.2, -0.15) is 0 Å². The van der Waals surface area contributed by atoms with Crippen LogP contribution in [0.5, 0.6) is 0 Å². The SMILES string of the molecule is CCC(CO)Nc1nc(Cl)nc(C)c1C. The Kier molecular flexibility index (Phi) is 4.29. The second-order valence-corrected chi connectivity index (χ2v) is 3.82. The molecule has 0 saturated carbocycles. The first-order valence-corrected chi connectivity index (χ1v) is 5.34. The van der Waals surface area contributed by atoms with E-state index in [1.807, 2.05) is 20.8 Å². The third-order valence-corrected chi connectivity index (χ3v) is 2.58. The third-order valence-electron chi connectivity index (χ3n) is 2.42. The highest BCUT2D eigenvalue weighted by Crippen LogP contribution is 2.18. The van der Waals surface area contributed by atoms with Crippen LogP contribution in [-0.2, 0) is 0 Å². The van der Waals surface area contributed by atoms with E-state index < -0.39 is 0 Å². The maximum atomic E-state index is 9.08. The van der Waals surface area contributed by atoms with Gasteiger partial charge < -0.3 is 10.4 Å². The van der Waals surface area contributed by atoms with Crippen LogP contribution in [-0.4, -0.2) is 27.7 Å². The van der Waals surface area contributed by atoms with Crippen LogP contribution in [0.1, 0.15) is 24.6 Å². The molecule has 4 nitrogen and oxygen atoms in total. The molecular weight excluding hydrogens is 214 g/mol. The summed E-state index contributed by atoms with van der Waals surface area (Å²) in [5.41, 5.74) is 1.82. The van der Waals surface area contributed by atoms with Crippen molar-refractivity contribution in [2.75, 3.05) is 11.9 Å². The van der Waals surface area contributed by atoms with Crippen molar-refractivity contribution in [1.29, 1.82) is 0 Å². The molecule has 0 aliphatic rings. The number of aliphatic hydroxyl groups is 1. The molecule has 1 heterocycles. The van der Waals surface area contributed by atoms with E-state index in [9.17, 15) is 0 Å². The number of hydrogen-bond donors (Lipinski definition) is 2. The van der Waals surface area contributed by atoms with Crippen LogP contribution < -0.4 is 5.32 Å². The predicted molar refractivity (Wildman–Crippen MR) is 61.3 cm³/mol. The van der Waals surface area contributed by atoms with Crippen LogP contribution in [0.4, 0.5) is 5.82 Å². The van der Waals surface area contributed by atoms with Gasteiger partial charge in [-0.3, -0.25) is 0 Å². The summed E-state index contributed by atoms with van der Waals surface area (Å²) in [4.78, 5) is 8.15. The average Bonchev–Trinajstić information content (AvgIpc) is 2.21. The Hall–Kier alpha value is -0.870. The van der Waals surface area contributed by atoms with Crippen LogP contribution in [0.3, 0.4) is 0 Å². The molecule has 0 fully saturated rings. The number of anilines is 1. The van der Waals surface area contributed by atoms with Gasteiger partial charge in [0.25, 0.3) is 0 Å². The summed E-state index contributed by atoms with van der Waals surface area (Å²) in [6.07, 6.45) is 0.830. The Bertz CT molecular complexity index is 340. The molecule has 1 atom stereocenters. The zero-order chi connectivity index (χ0) is 11.4. The van der Waals surface area contributed by atoms with Crippen molar-refractivity contribution in [3.8, 4) is 0 Å². The molecule has 0 radical (unpaired) electrons. The molecule has 2 N–H and O–H groups in total. The normalized spacial score (nSPS) is 12.6. The standard InChI is InChI=1S/C10H16ClN3O/c1-4-8(5-15)13-9-6(2)7(3)12-10(11)14-9/h8,15H,4-5H2,1-3H3,(H,12,13,14). The molecule has 1 unspecified atom stereocenters. The minimum Gasteiger partial charge on any atom is -0.394 e. The molecule has 0 aromatic carbocycles. The molecule has 0 spiro atoms. The first-order chi connectivity index (χ1) is 7.08. The summed E-state index contributed by atoms with van der Waals surface area (Å²) >= 11 is 5.77. The monoisotopic (exact) mass is 229 g/mol. The van der Waals surface area contributed by atoms with E-state index in [0.717, 1.165) is 17.7 Å². The van der Waals surface area contributed by atoms with Crippen LogP contribution in [0.2, 0.25) is 5.28 Å². The molecule has 5 heteroatoms. The smallest absolute Gasteiger partial charge is 0.224 e. The summed E-state index contributed by atoms with van der Waals surface area (Å²) in [6.45, 7) is 5.89. The fourth-order valence-electron chi connectivity index (χ4n) is 1.21. The Morgan fingerprint density at radius 3 is 2.60 bits per heavy atom. The van der Waals surface area contributed by atoms with Gasteiger partial charge in [0.15, 0.2) is 0 Å². The van der Waals surface area contributed by atoms with Crippen molar-refractivity contribution in [3.63, 3.8) is 0 Å². The first-order valence-electron chi connectivity index (χ1n) is 4.96. The fourth-order valence-corrected chi connectivity index (χ4v) is 1.42. The van der Waals surface area contributed by atoms with E-state index in [0.29, 0.717) is 5.82 Å². The number of aliphatic hydroxyl groups excluding tert-OH is 1. The topological polar surface area (TPSA) is 58.0 Å². The highest BCUT2D eigenvalue weighted by Gasteiger charge is 2.10. The second kappa shape index (κ2) is 5.28. The van der Waals surface area contributed by atoms with Gasteiger partial charge in [0.05, 0.1) is 12.6 Å². The molecule has 0 aliphatic carbocycles. The maximum Gasteiger partial charge on any atom is 0.224 e. The number of nitrogens with one attached hydrogen (secondary N) is 1. The molecule has 1 aromatic rings. The lowest BCUT2D eigenvalue weighted by molar-refractivity contribution is 0.271. The quantitative estimate of drug-likeness (QED) is 0.775. The molecule has 84 valence electrons. The maximum absolute atomic E-state index is 9.08. The zero-order valence-corrected chi connectivity index (χ0v) is 9.97. The molecule has 0 aliphatic heterocycles. The summed E-state index contributed by atoms with van der Waals surface area (Å²) in [5.74, 6) is 0.702. The third kappa shape index (κ3) is 3.04. The van der Waals surface area contributed by atoms with Gasteiger partial charge in [0.2, 0.25) is 5.28 Å². The van der Waals surface area contributed by atoms with E-state index in [1.165, 1.54) is 0 Å². The van der Waals surface area contributed by atoms with E-state index in [-0.39, 0.29) is 17.9 Å². The highest BCUT2D eigenvalue weighted by atomic mass is 35.5. The van der Waals surface area contributed by atoms with Crippen molar-refractivity contribution >= 4 is 17.4 Å². The summed E-state index contributed by atoms with van der Waals surface area (Å²) < 4.78 is 0. The van der Waals surface area contributed by atoms with Gasteiger partial charge in [0.1, 0.15) is 5.82 Å². The number of nitrogens with zero attached hydrogens (tertiary/aromatic N) is 2. The van der Waals surface area contributed by atoms with Crippen molar-refractivity contribution in [1.82, 2.24) is 9.97 Å². The number of rotatable bonds is 4. The molecule has 1 aromatic heterocycles. The van der Waals surface area contributed by atoms with Gasteiger partial charge in [-0.1, -0.05) is 6.92 Å². The minimum atomic E-state index is 0.00840. The Balaban J connectivity index is 2.93. The fraction of sp³-hybridized carbons (Fsp3) is 0.600. The Morgan fingerprint density at radius 1 is 1.40 bits per heavy atom. The van der Waals surface area contributed by atoms with Crippen LogP contribution in [0, 0.1) is 13.8 Å². The summed E-state index contributed by atoms with van der Waals surface area (Å²) in [6, 6.07) is 0.00840. The number of aryl methyl sites for hydroxylation is 1.